The van der Waals surface area contributed by atoms with Crippen LogP contribution < -0.4 is 5.32 Å². The molecule has 0 aromatic carbocycles. The maximum absolute atomic E-state index is 5.43. The Labute approximate surface area is 79.9 Å². The Morgan fingerprint density at radius 2 is 2.17 bits per heavy atom. The molecule has 0 fully saturated rings. The summed E-state index contributed by atoms with van der Waals surface area (Å²) in [7, 11) is 0. The van der Waals surface area contributed by atoms with Gasteiger partial charge in [-0.15, -0.1) is 11.6 Å². The maximum Gasteiger partial charge on any atom is 0.0602 e. The summed E-state index contributed by atoms with van der Waals surface area (Å²) >= 11 is 5.43. The second kappa shape index (κ2) is 9.04. The molecule has 12 heavy (non-hydrogen) atoms. The van der Waals surface area contributed by atoms with Gasteiger partial charge < -0.3 is 10.1 Å². The molecule has 0 spiro atoms. The zero-order chi connectivity index (χ0) is 9.23. The lowest BCUT2D eigenvalue weighted by atomic mass is 10.3. The van der Waals surface area contributed by atoms with Crippen molar-refractivity contribution >= 4 is 11.6 Å². The average molecular weight is 192 g/mol. The van der Waals surface area contributed by atoms with E-state index in [9.17, 15) is 0 Å². The lowest BCUT2D eigenvalue weighted by Gasteiger charge is -2.02. The monoisotopic (exact) mass is 191 g/mol. The Balaban J connectivity index is 2.96. The van der Waals surface area contributed by atoms with Crippen LogP contribution in [-0.2, 0) is 4.74 Å². The zero-order valence-electron chi connectivity index (χ0n) is 7.90. The molecular weight excluding hydrogens is 174 g/mol. The first kappa shape index (κ1) is 11.9. The number of rotatable bonds is 7. The van der Waals surface area contributed by atoms with Crippen molar-refractivity contribution in [3.8, 4) is 0 Å². The molecule has 72 valence electrons. The zero-order valence-corrected chi connectivity index (χ0v) is 8.66. The molecule has 0 aliphatic rings. The molecule has 1 N–H and O–H groups in total. The van der Waals surface area contributed by atoms with Gasteiger partial charge in [0.2, 0.25) is 0 Å². The highest BCUT2D eigenvalue weighted by Gasteiger charge is 1.85. The Hall–Kier alpha value is -0.0500. The van der Waals surface area contributed by atoms with E-state index in [1.54, 1.807) is 0 Å². The molecule has 0 aliphatic carbocycles. The van der Waals surface area contributed by atoms with Gasteiger partial charge in [-0.2, -0.15) is 0 Å². The maximum atomic E-state index is 5.43. The van der Waals surface area contributed by atoms with Crippen molar-refractivity contribution in [3.05, 3.63) is 11.6 Å². The molecule has 0 aromatic heterocycles. The molecule has 0 aliphatic heterocycles. The van der Waals surface area contributed by atoms with Crippen molar-refractivity contribution in [2.75, 3.05) is 32.2 Å². The third kappa shape index (κ3) is 9.95. The molecular formula is C9H18ClNO. The minimum absolute atomic E-state index is 0.577. The van der Waals surface area contributed by atoms with E-state index >= 15 is 0 Å². The standard InChI is InChI=1S/C9H18ClNO/c1-9(2)3-5-11-6-8-12-7-4-10/h3,11H,4-8H2,1-2H3. The molecule has 0 rings (SSSR count). The normalized spacial score (nSPS) is 9.92. The Bertz CT molecular complexity index is 122. The summed E-state index contributed by atoms with van der Waals surface area (Å²) in [6.07, 6.45) is 2.15. The molecule has 0 unspecified atom stereocenters. The Morgan fingerprint density at radius 1 is 1.42 bits per heavy atom. The Kier molecular flexibility index (Phi) is 9.00. The van der Waals surface area contributed by atoms with Crippen molar-refractivity contribution in [1.82, 2.24) is 5.32 Å². The van der Waals surface area contributed by atoms with E-state index in [1.165, 1.54) is 5.57 Å². The molecule has 0 saturated carbocycles. The second-order valence-electron chi connectivity index (χ2n) is 2.79. The summed E-state index contributed by atoms with van der Waals surface area (Å²) in [5.41, 5.74) is 1.34. The van der Waals surface area contributed by atoms with Crippen LogP contribution in [0.3, 0.4) is 0 Å². The molecule has 0 radical (unpaired) electrons. The minimum atomic E-state index is 0.577. The van der Waals surface area contributed by atoms with Crippen molar-refractivity contribution in [3.63, 3.8) is 0 Å². The van der Waals surface area contributed by atoms with E-state index < -0.39 is 0 Å². The van der Waals surface area contributed by atoms with Gasteiger partial charge in [0.25, 0.3) is 0 Å². The van der Waals surface area contributed by atoms with E-state index in [1.807, 2.05) is 0 Å². The van der Waals surface area contributed by atoms with Crippen LogP contribution in [0.15, 0.2) is 11.6 Å². The first-order valence-corrected chi connectivity index (χ1v) is 4.78. The Morgan fingerprint density at radius 3 is 2.75 bits per heavy atom. The first-order valence-electron chi connectivity index (χ1n) is 4.25. The van der Waals surface area contributed by atoms with E-state index in [0.29, 0.717) is 12.5 Å². The van der Waals surface area contributed by atoms with Gasteiger partial charge >= 0.3 is 0 Å². The predicted octanol–water partition coefficient (Wildman–Crippen LogP) is 1.80. The molecule has 0 saturated heterocycles. The van der Waals surface area contributed by atoms with Crippen molar-refractivity contribution in [2.45, 2.75) is 13.8 Å². The molecule has 0 atom stereocenters. The number of halogens is 1. The lowest BCUT2D eigenvalue weighted by Crippen LogP contribution is -2.20. The van der Waals surface area contributed by atoms with Gasteiger partial charge in [-0.1, -0.05) is 11.6 Å². The van der Waals surface area contributed by atoms with Crippen LogP contribution in [0, 0.1) is 0 Å². The van der Waals surface area contributed by atoms with E-state index in [0.717, 1.165) is 19.7 Å². The topological polar surface area (TPSA) is 21.3 Å². The molecule has 0 aromatic rings. The number of allylic oxidation sites excluding steroid dienone is 1. The lowest BCUT2D eigenvalue weighted by molar-refractivity contribution is 0.152. The highest BCUT2D eigenvalue weighted by Crippen LogP contribution is 1.85. The summed E-state index contributed by atoms with van der Waals surface area (Å²) in [4.78, 5) is 0. The van der Waals surface area contributed by atoms with Gasteiger partial charge in [0, 0.05) is 19.0 Å². The number of hydrogen-bond donors (Lipinski definition) is 1. The largest absolute Gasteiger partial charge is 0.379 e. The number of hydrogen-bond acceptors (Lipinski definition) is 2. The van der Waals surface area contributed by atoms with Crippen molar-refractivity contribution in [1.29, 1.82) is 0 Å². The molecule has 0 heterocycles. The van der Waals surface area contributed by atoms with Gasteiger partial charge in [0.05, 0.1) is 13.2 Å². The fourth-order valence-electron chi connectivity index (χ4n) is 0.679. The number of ether oxygens (including phenoxy) is 1. The van der Waals surface area contributed by atoms with Crippen LogP contribution in [0.5, 0.6) is 0 Å². The van der Waals surface area contributed by atoms with Crippen LogP contribution in [0.2, 0.25) is 0 Å². The summed E-state index contributed by atoms with van der Waals surface area (Å²) in [6, 6.07) is 0. The SMILES string of the molecule is CC(C)=CCNCCOCCCl. The van der Waals surface area contributed by atoms with Crippen LogP contribution in [0.25, 0.3) is 0 Å². The van der Waals surface area contributed by atoms with Crippen LogP contribution >= 0.6 is 11.6 Å². The van der Waals surface area contributed by atoms with E-state index in [4.69, 9.17) is 16.3 Å². The third-order valence-electron chi connectivity index (χ3n) is 1.30. The van der Waals surface area contributed by atoms with Gasteiger partial charge in [0.15, 0.2) is 0 Å². The molecule has 2 nitrogen and oxygen atoms in total. The van der Waals surface area contributed by atoms with E-state index in [2.05, 4.69) is 25.2 Å². The summed E-state index contributed by atoms with van der Waals surface area (Å²) in [5, 5.41) is 3.23. The van der Waals surface area contributed by atoms with E-state index in [-0.39, 0.29) is 0 Å². The fraction of sp³-hybridized carbons (Fsp3) is 0.778. The van der Waals surface area contributed by atoms with Gasteiger partial charge in [0.1, 0.15) is 0 Å². The number of alkyl halides is 1. The van der Waals surface area contributed by atoms with Crippen LogP contribution in [0.4, 0.5) is 0 Å². The summed E-state index contributed by atoms with van der Waals surface area (Å²) < 4.78 is 5.17. The smallest absolute Gasteiger partial charge is 0.0602 e. The fourth-order valence-corrected chi connectivity index (χ4v) is 0.788. The highest BCUT2D eigenvalue weighted by molar-refractivity contribution is 6.17. The second-order valence-corrected chi connectivity index (χ2v) is 3.16. The number of nitrogens with one attached hydrogen (secondary N) is 1. The van der Waals surface area contributed by atoms with Gasteiger partial charge in [-0.05, 0) is 13.8 Å². The quantitative estimate of drug-likeness (QED) is 0.377. The van der Waals surface area contributed by atoms with Crippen LogP contribution in [0.1, 0.15) is 13.8 Å². The minimum Gasteiger partial charge on any atom is -0.379 e. The van der Waals surface area contributed by atoms with Gasteiger partial charge in [-0.3, -0.25) is 0 Å². The summed E-state index contributed by atoms with van der Waals surface area (Å²) in [6.45, 7) is 7.37. The molecule has 0 amide bonds. The first-order chi connectivity index (χ1) is 5.77. The highest BCUT2D eigenvalue weighted by atomic mass is 35.5. The molecule has 0 bridgehead atoms. The average Bonchev–Trinajstić information content (AvgIpc) is 2.02. The van der Waals surface area contributed by atoms with Crippen molar-refractivity contribution in [2.24, 2.45) is 0 Å². The van der Waals surface area contributed by atoms with Gasteiger partial charge in [-0.25, -0.2) is 0 Å². The third-order valence-corrected chi connectivity index (χ3v) is 1.45. The molecule has 3 heteroatoms. The predicted molar refractivity (Wildman–Crippen MR) is 53.8 cm³/mol. The van der Waals surface area contributed by atoms with Crippen LogP contribution in [-0.4, -0.2) is 32.2 Å². The van der Waals surface area contributed by atoms with Crippen molar-refractivity contribution < 1.29 is 4.74 Å². The summed E-state index contributed by atoms with van der Waals surface area (Å²) in [5.74, 6) is 0.577.